The molecule has 2 N–H and O–H groups in total. The topological polar surface area (TPSA) is 64.1 Å². The number of rotatable bonds is 6. The van der Waals surface area contributed by atoms with Crippen LogP contribution < -0.4 is 24.8 Å². The second-order valence-corrected chi connectivity index (χ2v) is 5.64. The fourth-order valence-electron chi connectivity index (χ4n) is 2.51. The molecule has 0 bridgehead atoms. The molecule has 0 fully saturated rings. The standard InChI is InChI=1S/C19H22F3N3O3/c1-23-18(25-13-6-8-16(27-3)17(9-13)28-4)24-11-12-5-7-14(26-2)10-15(12)19(20,21)22/h5-10H,11H2,1-4H3,(H2,23,24,25). The molecule has 0 radical (unpaired) electrons. The van der Waals surface area contributed by atoms with E-state index >= 15 is 0 Å². The van der Waals surface area contributed by atoms with Crippen LogP contribution in [0.4, 0.5) is 18.9 Å². The molecule has 9 heteroatoms. The van der Waals surface area contributed by atoms with Gasteiger partial charge in [0.15, 0.2) is 17.5 Å². The normalized spacial score (nSPS) is 11.8. The number of ether oxygens (including phenoxy) is 3. The van der Waals surface area contributed by atoms with Crippen molar-refractivity contribution in [2.75, 3.05) is 33.7 Å². The van der Waals surface area contributed by atoms with Gasteiger partial charge < -0.3 is 24.8 Å². The molecule has 2 aromatic rings. The van der Waals surface area contributed by atoms with Gasteiger partial charge in [-0.1, -0.05) is 6.07 Å². The first-order valence-corrected chi connectivity index (χ1v) is 8.26. The Morgan fingerprint density at radius 3 is 2.25 bits per heavy atom. The third kappa shape index (κ3) is 5.21. The molecule has 0 aromatic heterocycles. The van der Waals surface area contributed by atoms with Crippen molar-refractivity contribution in [1.82, 2.24) is 5.32 Å². The lowest BCUT2D eigenvalue weighted by Crippen LogP contribution is -2.31. The molecule has 2 aromatic carbocycles. The Balaban J connectivity index is 2.15. The summed E-state index contributed by atoms with van der Waals surface area (Å²) in [5.41, 5.74) is -0.0546. The summed E-state index contributed by atoms with van der Waals surface area (Å²) < 4.78 is 55.3. The van der Waals surface area contributed by atoms with Gasteiger partial charge in [0.25, 0.3) is 0 Å². The Hall–Kier alpha value is -3.10. The highest BCUT2D eigenvalue weighted by atomic mass is 19.4. The van der Waals surface area contributed by atoms with Crippen molar-refractivity contribution >= 4 is 11.6 Å². The van der Waals surface area contributed by atoms with E-state index < -0.39 is 11.7 Å². The fourth-order valence-corrected chi connectivity index (χ4v) is 2.51. The molecule has 2 rings (SSSR count). The smallest absolute Gasteiger partial charge is 0.416 e. The van der Waals surface area contributed by atoms with Gasteiger partial charge >= 0.3 is 6.18 Å². The molecule has 0 aliphatic heterocycles. The van der Waals surface area contributed by atoms with E-state index in [-0.39, 0.29) is 17.9 Å². The summed E-state index contributed by atoms with van der Waals surface area (Å²) >= 11 is 0. The summed E-state index contributed by atoms with van der Waals surface area (Å²) in [5.74, 6) is 1.52. The van der Waals surface area contributed by atoms with Crippen LogP contribution in [0.25, 0.3) is 0 Å². The second-order valence-electron chi connectivity index (χ2n) is 5.64. The molecule has 0 unspecified atom stereocenters. The van der Waals surface area contributed by atoms with Crippen LogP contribution in [0.1, 0.15) is 11.1 Å². The first kappa shape index (κ1) is 21.2. The molecule has 28 heavy (non-hydrogen) atoms. The third-order valence-corrected chi connectivity index (χ3v) is 3.94. The van der Waals surface area contributed by atoms with Gasteiger partial charge in [0.05, 0.1) is 26.9 Å². The number of methoxy groups -OCH3 is 3. The highest BCUT2D eigenvalue weighted by Crippen LogP contribution is 2.34. The van der Waals surface area contributed by atoms with Gasteiger partial charge in [-0.3, -0.25) is 4.99 Å². The van der Waals surface area contributed by atoms with Crippen LogP contribution in [0.2, 0.25) is 0 Å². The molecule has 0 amide bonds. The fraction of sp³-hybridized carbons (Fsp3) is 0.316. The predicted molar refractivity (Wildman–Crippen MR) is 101 cm³/mol. The van der Waals surface area contributed by atoms with Gasteiger partial charge in [0.2, 0.25) is 0 Å². The molecule has 152 valence electrons. The van der Waals surface area contributed by atoms with Crippen molar-refractivity contribution in [2.45, 2.75) is 12.7 Å². The molecule has 6 nitrogen and oxygen atoms in total. The Morgan fingerprint density at radius 2 is 1.68 bits per heavy atom. The SMILES string of the molecule is CN=C(NCc1ccc(OC)cc1C(F)(F)F)Nc1ccc(OC)c(OC)c1. The van der Waals surface area contributed by atoms with Crippen LogP contribution in [-0.2, 0) is 12.7 Å². The van der Waals surface area contributed by atoms with Gasteiger partial charge in [-0.25, -0.2) is 0 Å². The summed E-state index contributed by atoms with van der Waals surface area (Å²) in [5, 5.41) is 5.88. The lowest BCUT2D eigenvalue weighted by molar-refractivity contribution is -0.138. The first-order chi connectivity index (χ1) is 13.3. The molecule has 0 aliphatic rings. The molecule has 0 aliphatic carbocycles. The molecular weight excluding hydrogens is 375 g/mol. The van der Waals surface area contributed by atoms with Crippen molar-refractivity contribution in [1.29, 1.82) is 0 Å². The van der Waals surface area contributed by atoms with E-state index in [1.807, 2.05) is 0 Å². The van der Waals surface area contributed by atoms with Gasteiger partial charge in [0.1, 0.15) is 5.75 Å². The molecule has 0 atom stereocenters. The van der Waals surface area contributed by atoms with E-state index in [2.05, 4.69) is 15.6 Å². The number of aliphatic imine (C=N–C) groups is 1. The second kappa shape index (κ2) is 9.20. The summed E-state index contributed by atoms with van der Waals surface area (Å²) in [6.45, 7) is -0.0776. The minimum Gasteiger partial charge on any atom is -0.497 e. The molecule has 0 saturated heterocycles. The van der Waals surface area contributed by atoms with Gasteiger partial charge in [0, 0.05) is 25.3 Å². The summed E-state index contributed by atoms with van der Waals surface area (Å²) in [6, 6.07) is 8.97. The first-order valence-electron chi connectivity index (χ1n) is 8.26. The van der Waals surface area contributed by atoms with Crippen LogP contribution in [-0.4, -0.2) is 34.3 Å². The Labute approximate surface area is 161 Å². The predicted octanol–water partition coefficient (Wildman–Crippen LogP) is 3.92. The van der Waals surface area contributed by atoms with E-state index in [1.54, 1.807) is 18.2 Å². The molecule has 0 heterocycles. The number of hydrogen-bond donors (Lipinski definition) is 2. The summed E-state index contributed by atoms with van der Waals surface area (Å²) in [7, 11) is 5.88. The van der Waals surface area contributed by atoms with E-state index in [0.717, 1.165) is 6.07 Å². The van der Waals surface area contributed by atoms with Crippen molar-refractivity contribution in [3.63, 3.8) is 0 Å². The maximum atomic E-state index is 13.3. The number of alkyl halides is 3. The lowest BCUT2D eigenvalue weighted by atomic mass is 10.1. The Morgan fingerprint density at radius 1 is 0.964 bits per heavy atom. The van der Waals surface area contributed by atoms with Crippen LogP contribution in [0.5, 0.6) is 17.2 Å². The van der Waals surface area contributed by atoms with Crippen molar-refractivity contribution in [3.8, 4) is 17.2 Å². The van der Waals surface area contributed by atoms with Crippen LogP contribution in [0.15, 0.2) is 41.4 Å². The maximum Gasteiger partial charge on any atom is 0.416 e. The quantitative estimate of drug-likeness (QED) is 0.572. The molecule has 0 saturated carbocycles. The maximum absolute atomic E-state index is 13.3. The monoisotopic (exact) mass is 397 g/mol. The number of halogens is 3. The highest BCUT2D eigenvalue weighted by molar-refractivity contribution is 5.93. The van der Waals surface area contributed by atoms with Gasteiger partial charge in [-0.15, -0.1) is 0 Å². The number of anilines is 1. The number of benzene rings is 2. The average molecular weight is 397 g/mol. The molecule has 0 spiro atoms. The minimum absolute atomic E-state index is 0.0727. The summed E-state index contributed by atoms with van der Waals surface area (Å²) in [6.07, 6.45) is -4.49. The number of nitrogens with one attached hydrogen (secondary N) is 2. The van der Waals surface area contributed by atoms with Gasteiger partial charge in [-0.05, 0) is 29.8 Å². The van der Waals surface area contributed by atoms with E-state index in [1.165, 1.54) is 40.5 Å². The van der Waals surface area contributed by atoms with Crippen molar-refractivity contribution < 1.29 is 27.4 Å². The summed E-state index contributed by atoms with van der Waals surface area (Å²) in [4.78, 5) is 4.04. The largest absolute Gasteiger partial charge is 0.497 e. The van der Waals surface area contributed by atoms with Gasteiger partial charge in [-0.2, -0.15) is 13.2 Å². The highest BCUT2D eigenvalue weighted by Gasteiger charge is 2.33. The van der Waals surface area contributed by atoms with E-state index in [9.17, 15) is 13.2 Å². The van der Waals surface area contributed by atoms with Crippen molar-refractivity contribution in [2.24, 2.45) is 4.99 Å². The van der Waals surface area contributed by atoms with E-state index in [0.29, 0.717) is 23.1 Å². The zero-order valence-corrected chi connectivity index (χ0v) is 16.0. The Bertz CT molecular complexity index is 839. The van der Waals surface area contributed by atoms with Crippen LogP contribution in [0, 0.1) is 0 Å². The van der Waals surface area contributed by atoms with Crippen LogP contribution >= 0.6 is 0 Å². The number of nitrogens with zero attached hydrogens (tertiary/aromatic N) is 1. The zero-order chi connectivity index (χ0) is 20.7. The third-order valence-electron chi connectivity index (χ3n) is 3.94. The molecular formula is C19H22F3N3O3. The number of hydrogen-bond acceptors (Lipinski definition) is 4. The van der Waals surface area contributed by atoms with Crippen molar-refractivity contribution in [3.05, 3.63) is 47.5 Å². The minimum atomic E-state index is -4.49. The van der Waals surface area contributed by atoms with E-state index in [4.69, 9.17) is 14.2 Å². The van der Waals surface area contributed by atoms with Crippen LogP contribution in [0.3, 0.4) is 0 Å². The zero-order valence-electron chi connectivity index (χ0n) is 16.0. The lowest BCUT2D eigenvalue weighted by Gasteiger charge is -2.17. The average Bonchev–Trinajstić information content (AvgIpc) is 2.69. The Kier molecular flexibility index (Phi) is 6.97. The number of guanidine groups is 1.